The van der Waals surface area contributed by atoms with Crippen LogP contribution in [0.5, 0.6) is 5.75 Å². The standard InChI is InChI=1S/C30H32N6O.ClH/c1-20-29(21(2)36(34-20)19-22-5-4-6-26(15-22)37-3)28-18-33-30-27(28)16-24(17-32-30)23-7-9-25(10-8-23)35-13-11-31-12-14-35;/h4-10,15-18,31H,11-14,19H2,1-3H3,(H,32,33);1H. The Morgan fingerprint density at radius 2 is 1.76 bits per heavy atom. The van der Waals surface area contributed by atoms with E-state index in [-0.39, 0.29) is 12.4 Å². The van der Waals surface area contributed by atoms with E-state index in [1.807, 2.05) is 18.3 Å². The van der Waals surface area contributed by atoms with E-state index >= 15 is 0 Å². The van der Waals surface area contributed by atoms with E-state index in [4.69, 9.17) is 14.8 Å². The number of anilines is 1. The third-order valence-corrected chi connectivity index (χ3v) is 7.33. The van der Waals surface area contributed by atoms with Gasteiger partial charge in [-0.2, -0.15) is 5.10 Å². The Bertz CT molecular complexity index is 1550. The third-order valence-electron chi connectivity index (χ3n) is 7.33. The average molecular weight is 529 g/mol. The van der Waals surface area contributed by atoms with Gasteiger partial charge in [-0.3, -0.25) is 4.68 Å². The van der Waals surface area contributed by atoms with Crippen LogP contribution in [0.25, 0.3) is 33.3 Å². The van der Waals surface area contributed by atoms with Gasteiger partial charge >= 0.3 is 0 Å². The zero-order chi connectivity index (χ0) is 25.4. The van der Waals surface area contributed by atoms with Crippen molar-refractivity contribution in [3.05, 3.63) is 83.9 Å². The second-order valence-corrected chi connectivity index (χ2v) is 9.66. The molecule has 0 spiro atoms. The number of benzene rings is 2. The molecule has 0 amide bonds. The first-order valence-electron chi connectivity index (χ1n) is 12.8. The number of methoxy groups -OCH3 is 1. The zero-order valence-corrected chi connectivity index (χ0v) is 22.8. The van der Waals surface area contributed by atoms with Crippen molar-refractivity contribution in [2.24, 2.45) is 0 Å². The molecule has 1 aliphatic heterocycles. The van der Waals surface area contributed by atoms with Crippen molar-refractivity contribution in [1.82, 2.24) is 25.1 Å². The minimum absolute atomic E-state index is 0. The maximum absolute atomic E-state index is 5.40. The molecule has 1 aliphatic rings. The molecule has 0 aliphatic carbocycles. The molecule has 3 aromatic heterocycles. The molecule has 0 saturated carbocycles. The lowest BCUT2D eigenvalue weighted by molar-refractivity contribution is 0.414. The molecule has 2 N–H and O–H groups in total. The van der Waals surface area contributed by atoms with Crippen molar-refractivity contribution >= 4 is 29.1 Å². The Morgan fingerprint density at radius 1 is 0.974 bits per heavy atom. The van der Waals surface area contributed by atoms with Crippen LogP contribution in [-0.4, -0.2) is 53.0 Å². The minimum Gasteiger partial charge on any atom is -0.497 e. The third kappa shape index (κ3) is 4.87. The number of nitrogens with zero attached hydrogens (tertiary/aromatic N) is 4. The summed E-state index contributed by atoms with van der Waals surface area (Å²) in [6.45, 7) is 9.07. The average Bonchev–Trinajstić information content (AvgIpc) is 3.48. The van der Waals surface area contributed by atoms with Gasteiger partial charge in [0, 0.05) is 72.0 Å². The van der Waals surface area contributed by atoms with E-state index in [2.05, 4.69) is 82.4 Å². The van der Waals surface area contributed by atoms with Crippen molar-refractivity contribution in [3.63, 3.8) is 0 Å². The number of hydrogen-bond donors (Lipinski definition) is 2. The number of nitrogens with one attached hydrogen (secondary N) is 2. The Hall–Kier alpha value is -3.81. The van der Waals surface area contributed by atoms with E-state index in [0.717, 1.165) is 76.6 Å². The van der Waals surface area contributed by atoms with E-state index < -0.39 is 0 Å². The molecular formula is C30H33ClN6O. The first-order valence-corrected chi connectivity index (χ1v) is 12.8. The summed E-state index contributed by atoms with van der Waals surface area (Å²) >= 11 is 0. The Labute approximate surface area is 229 Å². The van der Waals surface area contributed by atoms with E-state index in [1.54, 1.807) is 7.11 Å². The van der Waals surface area contributed by atoms with Gasteiger partial charge in [0.25, 0.3) is 0 Å². The molecule has 7 nitrogen and oxygen atoms in total. The molecule has 2 aromatic carbocycles. The summed E-state index contributed by atoms with van der Waals surface area (Å²) in [6.07, 6.45) is 4.01. The molecule has 0 unspecified atom stereocenters. The minimum atomic E-state index is 0. The number of rotatable bonds is 6. The maximum Gasteiger partial charge on any atom is 0.137 e. The van der Waals surface area contributed by atoms with Gasteiger partial charge in [-0.05, 0) is 55.3 Å². The summed E-state index contributed by atoms with van der Waals surface area (Å²) in [5.74, 6) is 0.857. The Balaban J connectivity index is 0.00000294. The molecule has 1 fully saturated rings. The Morgan fingerprint density at radius 3 is 2.53 bits per heavy atom. The largest absolute Gasteiger partial charge is 0.497 e. The summed E-state index contributed by atoms with van der Waals surface area (Å²) in [5, 5.41) is 9.42. The first-order chi connectivity index (χ1) is 18.1. The van der Waals surface area contributed by atoms with Gasteiger partial charge < -0.3 is 19.9 Å². The highest BCUT2D eigenvalue weighted by Gasteiger charge is 2.18. The van der Waals surface area contributed by atoms with Crippen LogP contribution in [0.4, 0.5) is 5.69 Å². The highest BCUT2D eigenvalue weighted by atomic mass is 35.5. The van der Waals surface area contributed by atoms with Gasteiger partial charge in [0.1, 0.15) is 11.4 Å². The number of hydrogen-bond acceptors (Lipinski definition) is 5. The lowest BCUT2D eigenvalue weighted by Crippen LogP contribution is -2.43. The van der Waals surface area contributed by atoms with Crippen LogP contribution in [0.1, 0.15) is 17.0 Å². The van der Waals surface area contributed by atoms with Crippen molar-refractivity contribution in [2.45, 2.75) is 20.4 Å². The summed E-state index contributed by atoms with van der Waals surface area (Å²) in [5.41, 5.74) is 10.0. The van der Waals surface area contributed by atoms with Crippen LogP contribution in [0.3, 0.4) is 0 Å². The number of ether oxygens (including phenoxy) is 1. The summed E-state index contributed by atoms with van der Waals surface area (Å²) in [4.78, 5) is 10.6. The number of aromatic nitrogens is 4. The van der Waals surface area contributed by atoms with Crippen molar-refractivity contribution < 1.29 is 4.74 Å². The lowest BCUT2D eigenvalue weighted by Gasteiger charge is -2.29. The number of halogens is 1. The number of piperazine rings is 1. The van der Waals surface area contributed by atoms with Gasteiger partial charge in [0.15, 0.2) is 0 Å². The fraction of sp³-hybridized carbons (Fsp3) is 0.267. The van der Waals surface area contributed by atoms with E-state index in [1.165, 1.54) is 11.3 Å². The van der Waals surface area contributed by atoms with Crippen LogP contribution in [-0.2, 0) is 6.54 Å². The fourth-order valence-corrected chi connectivity index (χ4v) is 5.34. The first kappa shape index (κ1) is 25.8. The number of aromatic amines is 1. The highest BCUT2D eigenvalue weighted by Crippen LogP contribution is 2.35. The van der Waals surface area contributed by atoms with Gasteiger partial charge in [-0.25, -0.2) is 4.98 Å². The van der Waals surface area contributed by atoms with Crippen LogP contribution in [0.2, 0.25) is 0 Å². The fourth-order valence-electron chi connectivity index (χ4n) is 5.34. The summed E-state index contributed by atoms with van der Waals surface area (Å²) < 4.78 is 7.47. The molecule has 0 bridgehead atoms. The van der Waals surface area contributed by atoms with Crippen molar-refractivity contribution in [3.8, 4) is 28.0 Å². The molecule has 6 rings (SSSR count). The van der Waals surface area contributed by atoms with Gasteiger partial charge in [0.2, 0.25) is 0 Å². The molecule has 1 saturated heterocycles. The van der Waals surface area contributed by atoms with Crippen molar-refractivity contribution in [1.29, 1.82) is 0 Å². The van der Waals surface area contributed by atoms with E-state index in [0.29, 0.717) is 6.54 Å². The second kappa shape index (κ2) is 10.9. The molecule has 38 heavy (non-hydrogen) atoms. The smallest absolute Gasteiger partial charge is 0.137 e. The Kier molecular flexibility index (Phi) is 7.40. The topological polar surface area (TPSA) is 71.0 Å². The van der Waals surface area contributed by atoms with Gasteiger partial charge in [-0.15, -0.1) is 12.4 Å². The van der Waals surface area contributed by atoms with Crippen LogP contribution in [0, 0.1) is 13.8 Å². The van der Waals surface area contributed by atoms with Gasteiger partial charge in [0.05, 0.1) is 19.3 Å². The number of aryl methyl sites for hydroxylation is 1. The van der Waals surface area contributed by atoms with Crippen LogP contribution < -0.4 is 15.0 Å². The lowest BCUT2D eigenvalue weighted by atomic mass is 10.0. The van der Waals surface area contributed by atoms with E-state index in [9.17, 15) is 0 Å². The molecule has 4 heterocycles. The van der Waals surface area contributed by atoms with Crippen molar-refractivity contribution in [2.75, 3.05) is 38.2 Å². The number of pyridine rings is 1. The summed E-state index contributed by atoms with van der Waals surface area (Å²) in [7, 11) is 1.70. The maximum atomic E-state index is 5.40. The molecule has 196 valence electrons. The zero-order valence-electron chi connectivity index (χ0n) is 22.0. The molecule has 8 heteroatoms. The predicted molar refractivity (Wildman–Crippen MR) is 157 cm³/mol. The number of H-pyrrole nitrogens is 1. The SMILES string of the molecule is COc1cccc(Cn2nc(C)c(-c3c[nH]c4ncc(-c5ccc(N6CCNCC6)cc5)cc34)c2C)c1.Cl. The predicted octanol–water partition coefficient (Wildman–Crippen LogP) is 5.60. The molecular weight excluding hydrogens is 496 g/mol. The quantitative estimate of drug-likeness (QED) is 0.300. The van der Waals surface area contributed by atoms with Gasteiger partial charge in [-0.1, -0.05) is 24.3 Å². The monoisotopic (exact) mass is 528 g/mol. The highest BCUT2D eigenvalue weighted by molar-refractivity contribution is 5.97. The summed E-state index contributed by atoms with van der Waals surface area (Å²) in [6, 6.07) is 19.2. The van der Waals surface area contributed by atoms with Crippen LogP contribution in [0.15, 0.2) is 67.0 Å². The van der Waals surface area contributed by atoms with Crippen LogP contribution >= 0.6 is 12.4 Å². The molecule has 0 radical (unpaired) electrons. The second-order valence-electron chi connectivity index (χ2n) is 9.66. The number of fused-ring (bicyclic) bond motifs is 1. The normalized spacial score (nSPS) is 13.5. The molecule has 0 atom stereocenters. The molecule has 5 aromatic rings.